The number of nitrogens with zero attached hydrogens (tertiary/aromatic N) is 1. The van der Waals surface area contributed by atoms with Crippen LogP contribution < -0.4 is 4.74 Å². The minimum absolute atomic E-state index is 0.755. The highest BCUT2D eigenvalue weighted by atomic mass is 35.5. The summed E-state index contributed by atoms with van der Waals surface area (Å²) in [6.07, 6.45) is 11.9. The Kier molecular flexibility index (Phi) is 14.1. The number of hydrogen-bond acceptors (Lipinski definition) is 2. The maximum absolute atomic E-state index is 6.94. The van der Waals surface area contributed by atoms with Crippen molar-refractivity contribution in [3.05, 3.63) is 102 Å². The molecular formula is C35H46ClNO. The summed E-state index contributed by atoms with van der Waals surface area (Å²) in [6, 6.07) is 28.9. The van der Waals surface area contributed by atoms with Gasteiger partial charge in [0.15, 0.2) is 0 Å². The van der Waals surface area contributed by atoms with Gasteiger partial charge in [-0.05, 0) is 61.3 Å². The van der Waals surface area contributed by atoms with Crippen LogP contribution in [0.25, 0.3) is 10.6 Å². The van der Waals surface area contributed by atoms with Crippen LogP contribution in [0.4, 0.5) is 0 Å². The average Bonchev–Trinajstić information content (AvgIpc) is 2.97. The molecule has 0 aliphatic rings. The number of ether oxygens (including phenoxy) is 1. The van der Waals surface area contributed by atoms with Crippen LogP contribution >= 0.6 is 11.6 Å². The molecule has 0 aliphatic carbocycles. The second-order valence-corrected chi connectivity index (χ2v) is 10.4. The fraction of sp³-hybridized carbons (Fsp3) is 0.429. The van der Waals surface area contributed by atoms with Crippen LogP contribution in [0.2, 0.25) is 0 Å². The van der Waals surface area contributed by atoms with Gasteiger partial charge in [-0.15, -0.1) is 0 Å². The molecule has 0 atom stereocenters. The van der Waals surface area contributed by atoms with Gasteiger partial charge in [0.2, 0.25) is 0 Å². The van der Waals surface area contributed by atoms with E-state index in [4.69, 9.17) is 16.3 Å². The lowest BCUT2D eigenvalue weighted by atomic mass is 9.95. The van der Waals surface area contributed by atoms with Crippen LogP contribution in [0, 0.1) is 0 Å². The summed E-state index contributed by atoms with van der Waals surface area (Å²) in [4.78, 5) is 2.52. The first-order valence-electron chi connectivity index (χ1n) is 14.7. The predicted octanol–water partition coefficient (Wildman–Crippen LogP) is 10.1. The Balaban J connectivity index is 1.38. The average molecular weight is 532 g/mol. The molecule has 0 radical (unpaired) electrons. The maximum atomic E-state index is 6.94. The highest BCUT2D eigenvalue weighted by Gasteiger charge is 2.12. The molecule has 2 nitrogen and oxygen atoms in total. The van der Waals surface area contributed by atoms with Crippen LogP contribution in [-0.2, 0) is 0 Å². The zero-order chi connectivity index (χ0) is 26.8. The summed E-state index contributed by atoms with van der Waals surface area (Å²) < 4.78 is 6.05. The van der Waals surface area contributed by atoms with Gasteiger partial charge in [0, 0.05) is 5.57 Å². The zero-order valence-corrected chi connectivity index (χ0v) is 24.3. The van der Waals surface area contributed by atoms with E-state index in [2.05, 4.69) is 79.4 Å². The van der Waals surface area contributed by atoms with Crippen LogP contribution in [-0.4, -0.2) is 31.1 Å². The molecule has 3 heteroatoms. The van der Waals surface area contributed by atoms with Crippen molar-refractivity contribution in [2.75, 3.05) is 26.2 Å². The Morgan fingerprint density at radius 2 is 1.05 bits per heavy atom. The van der Waals surface area contributed by atoms with E-state index in [9.17, 15) is 0 Å². The van der Waals surface area contributed by atoms with Crippen molar-refractivity contribution in [3.63, 3.8) is 0 Å². The van der Waals surface area contributed by atoms with Crippen molar-refractivity contribution in [3.8, 4) is 5.75 Å². The van der Waals surface area contributed by atoms with Crippen LogP contribution in [0.1, 0.15) is 88.3 Å². The zero-order valence-electron chi connectivity index (χ0n) is 23.5. The molecule has 0 saturated carbocycles. The van der Waals surface area contributed by atoms with Crippen molar-refractivity contribution < 1.29 is 4.74 Å². The molecule has 3 rings (SSSR count). The van der Waals surface area contributed by atoms with E-state index in [0.717, 1.165) is 46.1 Å². The monoisotopic (exact) mass is 531 g/mol. The minimum atomic E-state index is 0.755. The van der Waals surface area contributed by atoms with Gasteiger partial charge in [-0.1, -0.05) is 143 Å². The molecule has 0 bridgehead atoms. The van der Waals surface area contributed by atoms with Gasteiger partial charge < -0.3 is 9.64 Å². The molecule has 0 fully saturated rings. The predicted molar refractivity (Wildman–Crippen MR) is 166 cm³/mol. The third kappa shape index (κ3) is 10.3. The van der Waals surface area contributed by atoms with Gasteiger partial charge in [-0.2, -0.15) is 0 Å². The summed E-state index contributed by atoms with van der Waals surface area (Å²) in [5, 5.41) is 0.755. The molecule has 0 saturated heterocycles. The van der Waals surface area contributed by atoms with Gasteiger partial charge in [0.1, 0.15) is 5.75 Å². The normalized spacial score (nSPS) is 12.0. The molecule has 0 spiro atoms. The summed E-state index contributed by atoms with van der Waals surface area (Å²) in [5.74, 6) is 0.918. The minimum Gasteiger partial charge on any atom is -0.494 e. The van der Waals surface area contributed by atoms with E-state index in [1.54, 1.807) is 0 Å². The Bertz CT molecular complexity index is 1040. The molecule has 3 aromatic carbocycles. The Hall–Kier alpha value is -2.55. The number of benzene rings is 3. The molecule has 0 heterocycles. The van der Waals surface area contributed by atoms with Gasteiger partial charge in [-0.25, -0.2) is 0 Å². The van der Waals surface area contributed by atoms with E-state index < -0.39 is 0 Å². The number of rotatable bonds is 18. The molecule has 204 valence electrons. The topological polar surface area (TPSA) is 12.5 Å². The molecule has 0 N–H and O–H groups in total. The first kappa shape index (κ1) is 30.0. The summed E-state index contributed by atoms with van der Waals surface area (Å²) >= 11 is 6.94. The summed E-state index contributed by atoms with van der Waals surface area (Å²) in [7, 11) is 0. The van der Waals surface area contributed by atoms with Gasteiger partial charge in [0.25, 0.3) is 0 Å². The van der Waals surface area contributed by atoms with Crippen LogP contribution in [0.3, 0.4) is 0 Å². The quantitative estimate of drug-likeness (QED) is 0.119. The molecule has 0 aromatic heterocycles. The van der Waals surface area contributed by atoms with E-state index in [1.807, 2.05) is 24.3 Å². The van der Waals surface area contributed by atoms with E-state index in [0.29, 0.717) is 0 Å². The number of unbranched alkanes of at least 4 members (excludes halogenated alkanes) is 8. The molecule has 0 amide bonds. The van der Waals surface area contributed by atoms with E-state index in [1.165, 1.54) is 71.0 Å². The Morgan fingerprint density at radius 1 is 0.579 bits per heavy atom. The molecule has 0 unspecified atom stereocenters. The summed E-state index contributed by atoms with van der Waals surface area (Å²) in [6.45, 7) is 8.92. The number of hydrogen-bond donors (Lipinski definition) is 0. The fourth-order valence-electron chi connectivity index (χ4n) is 4.88. The summed E-state index contributed by atoms with van der Waals surface area (Å²) in [5.41, 5.74) is 4.25. The van der Waals surface area contributed by atoms with Crippen LogP contribution in [0.5, 0.6) is 5.75 Å². The lowest BCUT2D eigenvalue weighted by Gasteiger charge is -2.17. The molecule has 38 heavy (non-hydrogen) atoms. The van der Waals surface area contributed by atoms with Crippen molar-refractivity contribution in [2.45, 2.75) is 71.6 Å². The van der Waals surface area contributed by atoms with Crippen molar-refractivity contribution in [1.82, 2.24) is 4.90 Å². The first-order valence-corrected chi connectivity index (χ1v) is 15.1. The first-order chi connectivity index (χ1) is 18.7. The van der Waals surface area contributed by atoms with Crippen LogP contribution in [0.15, 0.2) is 84.9 Å². The van der Waals surface area contributed by atoms with E-state index in [-0.39, 0.29) is 0 Å². The van der Waals surface area contributed by atoms with Gasteiger partial charge in [-0.3, -0.25) is 0 Å². The number of halogens is 1. The molecule has 3 aromatic rings. The van der Waals surface area contributed by atoms with Gasteiger partial charge in [0.05, 0.1) is 11.6 Å². The Labute approximate surface area is 236 Å². The highest BCUT2D eigenvalue weighted by molar-refractivity contribution is 6.53. The fourth-order valence-corrected chi connectivity index (χ4v) is 5.22. The van der Waals surface area contributed by atoms with Crippen molar-refractivity contribution in [2.24, 2.45) is 0 Å². The third-order valence-corrected chi connectivity index (χ3v) is 7.64. The SMILES string of the molecule is CCN(CC)CCCCCCCCCCCOc1ccc(/C(=C(/Cl)c2ccccc2)c2ccccc2)cc1. The Morgan fingerprint density at radius 3 is 1.61 bits per heavy atom. The van der Waals surface area contributed by atoms with E-state index >= 15 is 0 Å². The lowest BCUT2D eigenvalue weighted by molar-refractivity contribution is 0.295. The molecule has 0 aliphatic heterocycles. The largest absolute Gasteiger partial charge is 0.494 e. The van der Waals surface area contributed by atoms with Crippen molar-refractivity contribution in [1.29, 1.82) is 0 Å². The molecular weight excluding hydrogens is 486 g/mol. The third-order valence-electron chi connectivity index (χ3n) is 7.23. The lowest BCUT2D eigenvalue weighted by Crippen LogP contribution is -2.23. The van der Waals surface area contributed by atoms with Crippen molar-refractivity contribution >= 4 is 22.2 Å². The highest BCUT2D eigenvalue weighted by Crippen LogP contribution is 2.35. The maximum Gasteiger partial charge on any atom is 0.119 e. The smallest absolute Gasteiger partial charge is 0.119 e. The second-order valence-electron chi connectivity index (χ2n) is 10.0. The second kappa shape index (κ2) is 17.9. The standard InChI is InChI=1S/C35H46ClNO/c1-3-37(4-2)28-18-10-8-6-5-7-9-11-19-29-38-33-26-24-31(25-27-33)34(30-20-14-12-15-21-30)35(36)32-22-16-13-17-23-32/h12-17,20-27H,3-11,18-19,28-29H2,1-2H3/b35-34+. The van der Waals surface area contributed by atoms with Gasteiger partial charge >= 0.3 is 0 Å².